The first kappa shape index (κ1) is 11.4. The summed E-state index contributed by atoms with van der Waals surface area (Å²) in [4.78, 5) is 4.20. The SMILES string of the molecule is CCNCc1nnc(-c2ccc(Cl)cn2)s1. The molecule has 84 valence electrons. The van der Waals surface area contributed by atoms with Crippen molar-refractivity contribution in [3.8, 4) is 10.7 Å². The molecule has 2 aromatic rings. The fourth-order valence-corrected chi connectivity index (χ4v) is 2.06. The molecule has 0 aliphatic rings. The average Bonchev–Trinajstić information content (AvgIpc) is 2.76. The summed E-state index contributed by atoms with van der Waals surface area (Å²) in [7, 11) is 0. The molecule has 0 amide bonds. The first-order valence-electron chi connectivity index (χ1n) is 4.94. The fourth-order valence-electron chi connectivity index (χ4n) is 1.16. The van der Waals surface area contributed by atoms with Crippen LogP contribution in [0.3, 0.4) is 0 Å². The minimum atomic E-state index is 0.626. The van der Waals surface area contributed by atoms with Gasteiger partial charge in [0.25, 0.3) is 0 Å². The molecule has 0 spiro atoms. The zero-order valence-corrected chi connectivity index (χ0v) is 10.3. The van der Waals surface area contributed by atoms with Crippen LogP contribution in [0.15, 0.2) is 18.3 Å². The highest BCUT2D eigenvalue weighted by Crippen LogP contribution is 2.22. The number of rotatable bonds is 4. The first-order valence-corrected chi connectivity index (χ1v) is 6.14. The Kier molecular flexibility index (Phi) is 3.82. The molecule has 2 rings (SSSR count). The van der Waals surface area contributed by atoms with Crippen molar-refractivity contribution in [2.45, 2.75) is 13.5 Å². The maximum atomic E-state index is 5.77. The van der Waals surface area contributed by atoms with Gasteiger partial charge in [-0.3, -0.25) is 4.98 Å². The molecule has 2 aromatic heterocycles. The van der Waals surface area contributed by atoms with Gasteiger partial charge in [-0.05, 0) is 18.7 Å². The summed E-state index contributed by atoms with van der Waals surface area (Å²) in [5.74, 6) is 0. The lowest BCUT2D eigenvalue weighted by molar-refractivity contribution is 0.715. The molecule has 0 aliphatic heterocycles. The van der Waals surface area contributed by atoms with Crippen molar-refractivity contribution in [2.75, 3.05) is 6.54 Å². The van der Waals surface area contributed by atoms with Crippen LogP contribution in [0.5, 0.6) is 0 Å². The van der Waals surface area contributed by atoms with Gasteiger partial charge in [0.15, 0.2) is 5.01 Å². The number of pyridine rings is 1. The molecule has 0 aromatic carbocycles. The van der Waals surface area contributed by atoms with E-state index in [4.69, 9.17) is 11.6 Å². The van der Waals surface area contributed by atoms with Crippen molar-refractivity contribution in [3.05, 3.63) is 28.4 Å². The molecule has 0 saturated heterocycles. The van der Waals surface area contributed by atoms with Crippen LogP contribution in [0.1, 0.15) is 11.9 Å². The lowest BCUT2D eigenvalue weighted by atomic mass is 10.4. The summed E-state index contributed by atoms with van der Waals surface area (Å²) < 4.78 is 0. The molecule has 1 N–H and O–H groups in total. The molecule has 4 nitrogen and oxygen atoms in total. The van der Waals surface area contributed by atoms with Gasteiger partial charge in [-0.25, -0.2) is 0 Å². The van der Waals surface area contributed by atoms with Crippen LogP contribution in [0.2, 0.25) is 5.02 Å². The second kappa shape index (κ2) is 5.34. The molecular weight excluding hydrogens is 244 g/mol. The Labute approximate surface area is 103 Å². The van der Waals surface area contributed by atoms with Crippen LogP contribution in [0, 0.1) is 0 Å². The lowest BCUT2D eigenvalue weighted by Gasteiger charge is -1.94. The Morgan fingerprint density at radius 1 is 1.38 bits per heavy atom. The predicted molar refractivity (Wildman–Crippen MR) is 65.5 cm³/mol. The number of halogens is 1. The maximum Gasteiger partial charge on any atom is 0.166 e. The molecule has 0 radical (unpaired) electrons. The van der Waals surface area contributed by atoms with Gasteiger partial charge in [-0.1, -0.05) is 29.9 Å². The van der Waals surface area contributed by atoms with E-state index >= 15 is 0 Å². The zero-order valence-electron chi connectivity index (χ0n) is 8.77. The number of nitrogens with one attached hydrogen (secondary N) is 1. The largest absolute Gasteiger partial charge is 0.311 e. The monoisotopic (exact) mass is 254 g/mol. The Hall–Kier alpha value is -1.04. The number of hydrogen-bond acceptors (Lipinski definition) is 5. The second-order valence-corrected chi connectivity index (χ2v) is 4.64. The standard InChI is InChI=1S/C10H11ClN4S/c1-2-12-6-9-14-15-10(16-9)8-4-3-7(11)5-13-8/h3-5,12H,2,6H2,1H3. The van der Waals surface area contributed by atoms with Crippen LogP contribution in [0.25, 0.3) is 10.7 Å². The van der Waals surface area contributed by atoms with Crippen LogP contribution in [-0.2, 0) is 6.54 Å². The molecule has 0 unspecified atom stereocenters. The van der Waals surface area contributed by atoms with Gasteiger partial charge in [-0.15, -0.1) is 10.2 Å². The highest BCUT2D eigenvalue weighted by atomic mass is 35.5. The minimum Gasteiger partial charge on any atom is -0.311 e. The van der Waals surface area contributed by atoms with Crippen LogP contribution in [-0.4, -0.2) is 21.7 Å². The van der Waals surface area contributed by atoms with E-state index in [-0.39, 0.29) is 0 Å². The van der Waals surface area contributed by atoms with Crippen molar-refractivity contribution in [3.63, 3.8) is 0 Å². The smallest absolute Gasteiger partial charge is 0.166 e. The van der Waals surface area contributed by atoms with Crippen LogP contribution in [0.4, 0.5) is 0 Å². The molecule has 6 heteroatoms. The third-order valence-electron chi connectivity index (χ3n) is 1.94. The van der Waals surface area contributed by atoms with Crippen molar-refractivity contribution in [1.82, 2.24) is 20.5 Å². The van der Waals surface area contributed by atoms with E-state index in [0.717, 1.165) is 28.8 Å². The predicted octanol–water partition coefficient (Wildman–Crippen LogP) is 2.36. The number of nitrogens with zero attached hydrogens (tertiary/aromatic N) is 3. The normalized spacial score (nSPS) is 10.6. The van der Waals surface area contributed by atoms with Crippen LogP contribution < -0.4 is 5.32 Å². The van der Waals surface area contributed by atoms with E-state index < -0.39 is 0 Å². The average molecular weight is 255 g/mol. The number of aromatic nitrogens is 3. The quantitative estimate of drug-likeness (QED) is 0.910. The highest BCUT2D eigenvalue weighted by molar-refractivity contribution is 7.14. The summed E-state index contributed by atoms with van der Waals surface area (Å²) >= 11 is 7.31. The summed E-state index contributed by atoms with van der Waals surface area (Å²) in [5.41, 5.74) is 0.810. The van der Waals surface area contributed by atoms with Gasteiger partial charge in [-0.2, -0.15) is 0 Å². The fraction of sp³-hybridized carbons (Fsp3) is 0.300. The maximum absolute atomic E-state index is 5.77. The minimum absolute atomic E-state index is 0.626. The molecule has 0 aliphatic carbocycles. The van der Waals surface area contributed by atoms with E-state index in [2.05, 4.69) is 27.4 Å². The molecule has 0 atom stereocenters. The lowest BCUT2D eigenvalue weighted by Crippen LogP contribution is -2.11. The van der Waals surface area contributed by atoms with E-state index in [1.54, 1.807) is 23.6 Å². The molecular formula is C10H11ClN4S. The van der Waals surface area contributed by atoms with Crippen molar-refractivity contribution < 1.29 is 0 Å². The Balaban J connectivity index is 2.15. The van der Waals surface area contributed by atoms with Gasteiger partial charge in [0, 0.05) is 12.7 Å². The Morgan fingerprint density at radius 2 is 2.25 bits per heavy atom. The molecule has 0 fully saturated rings. The molecule has 0 bridgehead atoms. The van der Waals surface area contributed by atoms with Crippen molar-refractivity contribution >= 4 is 22.9 Å². The Morgan fingerprint density at radius 3 is 2.94 bits per heavy atom. The van der Waals surface area contributed by atoms with Crippen LogP contribution >= 0.6 is 22.9 Å². The Bertz CT molecular complexity index is 454. The van der Waals surface area contributed by atoms with E-state index in [0.29, 0.717) is 5.02 Å². The van der Waals surface area contributed by atoms with Crippen molar-refractivity contribution in [2.24, 2.45) is 0 Å². The summed E-state index contributed by atoms with van der Waals surface area (Å²) in [6.45, 7) is 3.73. The van der Waals surface area contributed by atoms with E-state index in [1.165, 1.54) is 0 Å². The van der Waals surface area contributed by atoms with Gasteiger partial charge >= 0.3 is 0 Å². The van der Waals surface area contributed by atoms with E-state index in [9.17, 15) is 0 Å². The van der Waals surface area contributed by atoms with Gasteiger partial charge in [0.1, 0.15) is 10.7 Å². The number of hydrogen-bond donors (Lipinski definition) is 1. The van der Waals surface area contributed by atoms with E-state index in [1.807, 2.05) is 6.07 Å². The van der Waals surface area contributed by atoms with Gasteiger partial charge in [0.2, 0.25) is 0 Å². The second-order valence-electron chi connectivity index (χ2n) is 3.14. The third-order valence-corrected chi connectivity index (χ3v) is 3.11. The molecule has 16 heavy (non-hydrogen) atoms. The summed E-state index contributed by atoms with van der Waals surface area (Å²) in [5, 5.41) is 13.8. The molecule has 2 heterocycles. The molecule has 0 saturated carbocycles. The third kappa shape index (κ3) is 2.75. The topological polar surface area (TPSA) is 50.7 Å². The van der Waals surface area contributed by atoms with Gasteiger partial charge < -0.3 is 5.32 Å². The highest BCUT2D eigenvalue weighted by Gasteiger charge is 2.06. The zero-order chi connectivity index (χ0) is 11.4. The first-order chi connectivity index (χ1) is 7.79. The summed E-state index contributed by atoms with van der Waals surface area (Å²) in [6.07, 6.45) is 1.61. The van der Waals surface area contributed by atoms with Crippen molar-refractivity contribution in [1.29, 1.82) is 0 Å². The summed E-state index contributed by atoms with van der Waals surface area (Å²) in [6, 6.07) is 3.65. The van der Waals surface area contributed by atoms with Gasteiger partial charge in [0.05, 0.1) is 5.02 Å².